The molecule has 1 heterocycles. The minimum atomic E-state index is -0.334. The normalized spacial score (nSPS) is 10.2. The largest absolute Gasteiger partial charge is 0.496 e. The van der Waals surface area contributed by atoms with Gasteiger partial charge in [0.1, 0.15) is 5.75 Å². The van der Waals surface area contributed by atoms with Crippen LogP contribution in [0.1, 0.15) is 28.5 Å². The number of thiazole rings is 1. The highest BCUT2D eigenvalue weighted by atomic mass is 32.1. The van der Waals surface area contributed by atoms with E-state index in [-0.39, 0.29) is 18.3 Å². The lowest BCUT2D eigenvalue weighted by molar-refractivity contribution is -0.142. The van der Waals surface area contributed by atoms with Gasteiger partial charge in [-0.2, -0.15) is 0 Å². The fourth-order valence-corrected chi connectivity index (χ4v) is 2.64. The number of aromatic nitrogens is 1. The summed E-state index contributed by atoms with van der Waals surface area (Å²) in [5, 5.41) is 4.88. The Morgan fingerprint density at radius 3 is 2.83 bits per heavy atom. The van der Waals surface area contributed by atoms with Gasteiger partial charge in [0.2, 0.25) is 0 Å². The molecule has 122 valence electrons. The Labute approximate surface area is 138 Å². The number of hydrogen-bond donors (Lipinski definition) is 1. The number of amides is 1. The molecule has 7 heteroatoms. The van der Waals surface area contributed by atoms with Gasteiger partial charge < -0.3 is 9.47 Å². The van der Waals surface area contributed by atoms with Gasteiger partial charge in [0.15, 0.2) is 5.13 Å². The van der Waals surface area contributed by atoms with E-state index in [1.54, 1.807) is 31.5 Å². The zero-order valence-electron chi connectivity index (χ0n) is 13.2. The molecule has 0 unspecified atom stereocenters. The molecule has 0 aliphatic rings. The summed E-state index contributed by atoms with van der Waals surface area (Å²) in [6.45, 7) is 3.99. The Kier molecular flexibility index (Phi) is 5.70. The third kappa shape index (κ3) is 4.53. The molecule has 0 saturated heterocycles. The zero-order valence-corrected chi connectivity index (χ0v) is 14.0. The van der Waals surface area contributed by atoms with Crippen LogP contribution in [-0.4, -0.2) is 30.6 Å². The molecule has 2 rings (SSSR count). The van der Waals surface area contributed by atoms with E-state index in [1.807, 2.05) is 13.0 Å². The molecule has 0 aliphatic heterocycles. The summed E-state index contributed by atoms with van der Waals surface area (Å²) >= 11 is 1.26. The summed E-state index contributed by atoms with van der Waals surface area (Å²) in [5.74, 6) is 0.0408. The highest BCUT2D eigenvalue weighted by Crippen LogP contribution is 2.21. The van der Waals surface area contributed by atoms with Crippen molar-refractivity contribution in [3.05, 3.63) is 40.4 Å². The lowest BCUT2D eigenvalue weighted by Crippen LogP contribution is -2.12. The van der Waals surface area contributed by atoms with Crippen LogP contribution in [0.3, 0.4) is 0 Å². The fraction of sp³-hybridized carbons (Fsp3) is 0.312. The van der Waals surface area contributed by atoms with Gasteiger partial charge in [-0.15, -0.1) is 11.3 Å². The van der Waals surface area contributed by atoms with E-state index in [9.17, 15) is 9.59 Å². The third-order valence-corrected chi connectivity index (χ3v) is 3.88. The molecule has 1 aromatic carbocycles. The summed E-state index contributed by atoms with van der Waals surface area (Å²) in [5.41, 5.74) is 2.01. The average molecular weight is 334 g/mol. The van der Waals surface area contributed by atoms with Gasteiger partial charge in [0.25, 0.3) is 5.91 Å². The van der Waals surface area contributed by atoms with Crippen LogP contribution in [0.25, 0.3) is 0 Å². The van der Waals surface area contributed by atoms with Crippen molar-refractivity contribution in [3.63, 3.8) is 0 Å². The standard InChI is InChI=1S/C16H18N2O4S/c1-4-22-14(19)8-12-9-23-16(17-12)18-15(20)11-6-5-10(2)13(7-11)21-3/h5-7,9H,4,8H2,1-3H3,(H,17,18,20). The predicted octanol–water partition coefficient (Wildman–Crippen LogP) is 2.82. The van der Waals surface area contributed by atoms with Crippen molar-refractivity contribution in [1.29, 1.82) is 0 Å². The number of ether oxygens (including phenoxy) is 2. The molecular weight excluding hydrogens is 316 g/mol. The topological polar surface area (TPSA) is 77.5 Å². The molecule has 6 nitrogen and oxygen atoms in total. The SMILES string of the molecule is CCOC(=O)Cc1csc(NC(=O)c2ccc(C)c(OC)c2)n1. The monoisotopic (exact) mass is 334 g/mol. The summed E-state index contributed by atoms with van der Waals surface area (Å²) in [7, 11) is 1.56. The van der Waals surface area contributed by atoms with Crippen LogP contribution >= 0.6 is 11.3 Å². The Bertz CT molecular complexity index is 712. The number of rotatable bonds is 6. The highest BCUT2D eigenvalue weighted by Gasteiger charge is 2.13. The third-order valence-electron chi connectivity index (χ3n) is 3.07. The average Bonchev–Trinajstić information content (AvgIpc) is 2.94. The Morgan fingerprint density at radius 1 is 1.35 bits per heavy atom. The predicted molar refractivity (Wildman–Crippen MR) is 88.1 cm³/mol. The zero-order chi connectivity index (χ0) is 16.8. The minimum absolute atomic E-state index is 0.0958. The summed E-state index contributed by atoms with van der Waals surface area (Å²) < 4.78 is 10.1. The number of nitrogens with zero attached hydrogens (tertiary/aromatic N) is 1. The Hall–Kier alpha value is -2.41. The Balaban J connectivity index is 2.03. The molecule has 0 spiro atoms. The minimum Gasteiger partial charge on any atom is -0.496 e. The van der Waals surface area contributed by atoms with Gasteiger partial charge in [-0.25, -0.2) is 4.98 Å². The quantitative estimate of drug-likeness (QED) is 0.822. The number of carbonyl (C=O) groups is 2. The van der Waals surface area contributed by atoms with Crippen LogP contribution in [-0.2, 0) is 16.0 Å². The number of methoxy groups -OCH3 is 1. The van der Waals surface area contributed by atoms with E-state index < -0.39 is 0 Å². The van der Waals surface area contributed by atoms with Crippen molar-refractivity contribution in [2.45, 2.75) is 20.3 Å². The fourth-order valence-electron chi connectivity index (χ4n) is 1.94. The maximum atomic E-state index is 12.2. The van der Waals surface area contributed by atoms with Gasteiger partial charge in [-0.05, 0) is 31.5 Å². The van der Waals surface area contributed by atoms with Crippen molar-refractivity contribution in [2.24, 2.45) is 0 Å². The second-order valence-electron chi connectivity index (χ2n) is 4.76. The summed E-state index contributed by atoms with van der Waals surface area (Å²) in [6.07, 6.45) is 0.0958. The van der Waals surface area contributed by atoms with Gasteiger partial charge in [0, 0.05) is 10.9 Å². The van der Waals surface area contributed by atoms with Crippen molar-refractivity contribution >= 4 is 28.3 Å². The van der Waals surface area contributed by atoms with Gasteiger partial charge >= 0.3 is 5.97 Å². The molecule has 0 saturated carbocycles. The number of hydrogen-bond acceptors (Lipinski definition) is 6. The van der Waals surface area contributed by atoms with E-state index >= 15 is 0 Å². The first-order chi connectivity index (χ1) is 11.0. The van der Waals surface area contributed by atoms with Crippen molar-refractivity contribution in [3.8, 4) is 5.75 Å². The molecule has 0 fully saturated rings. The van der Waals surface area contributed by atoms with Crippen molar-refractivity contribution in [2.75, 3.05) is 19.0 Å². The lowest BCUT2D eigenvalue weighted by Gasteiger charge is -2.07. The second kappa shape index (κ2) is 7.73. The van der Waals surface area contributed by atoms with Crippen LogP contribution in [0.2, 0.25) is 0 Å². The summed E-state index contributed by atoms with van der Waals surface area (Å²) in [6, 6.07) is 5.22. The van der Waals surface area contributed by atoms with Gasteiger partial charge in [0.05, 0.1) is 25.8 Å². The number of aryl methyl sites for hydroxylation is 1. The van der Waals surface area contributed by atoms with Crippen molar-refractivity contribution < 1.29 is 19.1 Å². The van der Waals surface area contributed by atoms with Gasteiger partial charge in [-0.3, -0.25) is 14.9 Å². The Morgan fingerprint density at radius 2 is 2.13 bits per heavy atom. The van der Waals surface area contributed by atoms with E-state index in [4.69, 9.17) is 9.47 Å². The van der Waals surface area contributed by atoms with E-state index in [1.165, 1.54) is 11.3 Å². The van der Waals surface area contributed by atoms with Crippen LogP contribution in [0.15, 0.2) is 23.6 Å². The molecule has 1 aromatic heterocycles. The number of benzene rings is 1. The molecule has 23 heavy (non-hydrogen) atoms. The first kappa shape index (κ1) is 17.0. The molecule has 1 amide bonds. The number of nitrogens with one attached hydrogen (secondary N) is 1. The van der Waals surface area contributed by atoms with E-state index in [0.717, 1.165) is 5.56 Å². The smallest absolute Gasteiger partial charge is 0.311 e. The number of anilines is 1. The molecule has 0 aliphatic carbocycles. The molecular formula is C16H18N2O4S. The van der Waals surface area contributed by atoms with E-state index in [2.05, 4.69) is 10.3 Å². The van der Waals surface area contributed by atoms with Crippen molar-refractivity contribution in [1.82, 2.24) is 4.98 Å². The van der Waals surface area contributed by atoms with Crippen LogP contribution in [0.5, 0.6) is 5.75 Å². The first-order valence-corrected chi connectivity index (χ1v) is 7.97. The maximum Gasteiger partial charge on any atom is 0.311 e. The summed E-state index contributed by atoms with van der Waals surface area (Å²) in [4.78, 5) is 27.9. The van der Waals surface area contributed by atoms with Crippen LogP contribution in [0.4, 0.5) is 5.13 Å². The molecule has 2 aromatic rings. The van der Waals surface area contributed by atoms with E-state index in [0.29, 0.717) is 28.7 Å². The molecule has 0 bridgehead atoms. The first-order valence-electron chi connectivity index (χ1n) is 7.09. The number of carbonyl (C=O) groups excluding carboxylic acids is 2. The van der Waals surface area contributed by atoms with Crippen LogP contribution < -0.4 is 10.1 Å². The lowest BCUT2D eigenvalue weighted by atomic mass is 10.1. The molecule has 0 radical (unpaired) electrons. The maximum absolute atomic E-state index is 12.2. The highest BCUT2D eigenvalue weighted by molar-refractivity contribution is 7.14. The molecule has 0 atom stereocenters. The van der Waals surface area contributed by atoms with Gasteiger partial charge in [-0.1, -0.05) is 6.07 Å². The second-order valence-corrected chi connectivity index (χ2v) is 5.62. The van der Waals surface area contributed by atoms with Crippen LogP contribution in [0, 0.1) is 6.92 Å². The number of esters is 1. The molecule has 1 N–H and O–H groups in total.